The fourth-order valence-electron chi connectivity index (χ4n) is 3.53. The summed E-state index contributed by atoms with van der Waals surface area (Å²) in [5.41, 5.74) is 3.67. The van der Waals surface area contributed by atoms with Gasteiger partial charge in [0.2, 0.25) is 5.91 Å². The molecule has 2 aromatic heterocycles. The van der Waals surface area contributed by atoms with Gasteiger partial charge in [0.15, 0.2) is 0 Å². The maximum absolute atomic E-state index is 12.9. The number of nitrogens with one attached hydrogen (secondary N) is 1. The minimum Gasteiger partial charge on any atom is -0.343 e. The molecule has 0 fully saturated rings. The van der Waals surface area contributed by atoms with Gasteiger partial charge in [-0.2, -0.15) is 0 Å². The van der Waals surface area contributed by atoms with E-state index >= 15 is 0 Å². The summed E-state index contributed by atoms with van der Waals surface area (Å²) < 4.78 is 1.36. The third kappa shape index (κ3) is 4.04. The van der Waals surface area contributed by atoms with E-state index in [0.717, 1.165) is 22.4 Å². The molecule has 4 aromatic rings. The van der Waals surface area contributed by atoms with Crippen LogP contribution >= 0.6 is 11.3 Å². The molecule has 0 aliphatic heterocycles. The summed E-state index contributed by atoms with van der Waals surface area (Å²) in [7, 11) is 0. The summed E-state index contributed by atoms with van der Waals surface area (Å²) in [6.07, 6.45) is 2.42. The maximum atomic E-state index is 12.9. The average Bonchev–Trinajstić information content (AvgIpc) is 3.29. The highest BCUT2D eigenvalue weighted by atomic mass is 32.1. The Morgan fingerprint density at radius 3 is 2.63 bits per heavy atom. The van der Waals surface area contributed by atoms with Gasteiger partial charge in [0.05, 0.1) is 23.3 Å². The summed E-state index contributed by atoms with van der Waals surface area (Å²) in [6.45, 7) is 3.95. The zero-order valence-electron chi connectivity index (χ0n) is 17.0. The highest BCUT2D eigenvalue weighted by Crippen LogP contribution is 2.26. The number of hydrogen-bond acceptors (Lipinski definition) is 4. The van der Waals surface area contributed by atoms with Gasteiger partial charge in [0.1, 0.15) is 6.54 Å². The van der Waals surface area contributed by atoms with Gasteiger partial charge in [0, 0.05) is 4.88 Å². The normalized spacial score (nSPS) is 12.1. The first-order valence-electron chi connectivity index (χ1n) is 9.93. The van der Waals surface area contributed by atoms with Crippen LogP contribution in [0.3, 0.4) is 0 Å². The molecule has 1 atom stereocenters. The largest absolute Gasteiger partial charge is 0.343 e. The number of aryl methyl sites for hydroxylation is 2. The molecule has 152 valence electrons. The number of aromatic nitrogens is 2. The van der Waals surface area contributed by atoms with E-state index in [9.17, 15) is 9.59 Å². The van der Waals surface area contributed by atoms with Crippen molar-refractivity contribution in [1.29, 1.82) is 0 Å². The summed E-state index contributed by atoms with van der Waals surface area (Å²) in [6, 6.07) is 17.5. The van der Waals surface area contributed by atoms with E-state index in [1.165, 1.54) is 16.5 Å². The van der Waals surface area contributed by atoms with Crippen molar-refractivity contribution < 1.29 is 4.79 Å². The molecular weight excluding hydrogens is 394 g/mol. The number of fused-ring (bicyclic) bond motifs is 1. The standard InChI is InChI=1S/C24H23N3O2S/c1-3-17-9-11-18(12-10-17)23(20-8-5-13-30-20)26-21(28)14-27-15-25-22-16(2)6-4-7-19(22)24(27)29/h4-13,15,23H,3,14H2,1-2H3,(H,26,28)/t23-/m1/s1. The van der Waals surface area contributed by atoms with Gasteiger partial charge in [-0.3, -0.25) is 14.2 Å². The molecule has 4 rings (SSSR count). The fourth-order valence-corrected chi connectivity index (χ4v) is 4.33. The van der Waals surface area contributed by atoms with Crippen LogP contribution in [0.2, 0.25) is 0 Å². The smallest absolute Gasteiger partial charge is 0.261 e. The molecule has 30 heavy (non-hydrogen) atoms. The number of amides is 1. The summed E-state index contributed by atoms with van der Waals surface area (Å²) in [5, 5.41) is 5.61. The van der Waals surface area contributed by atoms with Crippen molar-refractivity contribution >= 4 is 28.1 Å². The van der Waals surface area contributed by atoms with Gasteiger partial charge in [-0.05, 0) is 47.5 Å². The number of benzene rings is 2. The van der Waals surface area contributed by atoms with E-state index in [4.69, 9.17) is 0 Å². The molecule has 0 aliphatic carbocycles. The van der Waals surface area contributed by atoms with Gasteiger partial charge in [-0.1, -0.05) is 49.4 Å². The lowest BCUT2D eigenvalue weighted by atomic mass is 10.0. The van der Waals surface area contributed by atoms with Crippen LogP contribution in [-0.2, 0) is 17.8 Å². The van der Waals surface area contributed by atoms with Crippen LogP contribution in [0.4, 0.5) is 0 Å². The number of thiophene rings is 1. The molecule has 6 heteroatoms. The van der Waals surface area contributed by atoms with Crippen molar-refractivity contribution in [2.75, 3.05) is 0 Å². The number of carbonyl (C=O) groups excluding carboxylic acids is 1. The van der Waals surface area contributed by atoms with E-state index in [0.29, 0.717) is 10.9 Å². The van der Waals surface area contributed by atoms with Crippen LogP contribution in [0.15, 0.2) is 71.1 Å². The first-order chi connectivity index (χ1) is 14.6. The number of para-hydroxylation sites is 1. The zero-order chi connectivity index (χ0) is 21.1. The summed E-state index contributed by atoms with van der Waals surface area (Å²) in [5.74, 6) is -0.233. The Morgan fingerprint density at radius 2 is 1.93 bits per heavy atom. The Hall–Kier alpha value is -3.25. The molecule has 2 heterocycles. The first kappa shape index (κ1) is 20.0. The Morgan fingerprint density at radius 1 is 1.13 bits per heavy atom. The minimum atomic E-state index is -0.255. The first-order valence-corrected chi connectivity index (χ1v) is 10.8. The van der Waals surface area contributed by atoms with Crippen LogP contribution in [0.1, 0.15) is 34.5 Å². The van der Waals surface area contributed by atoms with Crippen molar-refractivity contribution in [3.8, 4) is 0 Å². The Kier molecular flexibility index (Phi) is 5.77. The SMILES string of the molecule is CCc1ccc([C@@H](NC(=O)Cn2cnc3c(C)cccc3c2=O)c2cccs2)cc1. The molecule has 0 spiro atoms. The lowest BCUT2D eigenvalue weighted by molar-refractivity contribution is -0.122. The summed E-state index contributed by atoms with van der Waals surface area (Å²) >= 11 is 1.60. The highest BCUT2D eigenvalue weighted by molar-refractivity contribution is 7.10. The second kappa shape index (κ2) is 8.63. The Bertz CT molecular complexity index is 1230. The molecule has 0 saturated heterocycles. The molecule has 0 bridgehead atoms. The lowest BCUT2D eigenvalue weighted by Gasteiger charge is -2.19. The third-order valence-electron chi connectivity index (χ3n) is 5.22. The van der Waals surface area contributed by atoms with Gasteiger partial charge >= 0.3 is 0 Å². The van der Waals surface area contributed by atoms with Gasteiger partial charge in [-0.25, -0.2) is 4.98 Å². The highest BCUT2D eigenvalue weighted by Gasteiger charge is 2.19. The van der Waals surface area contributed by atoms with Crippen molar-refractivity contribution in [3.63, 3.8) is 0 Å². The second-order valence-electron chi connectivity index (χ2n) is 7.26. The molecule has 0 unspecified atom stereocenters. The number of carbonyl (C=O) groups is 1. The second-order valence-corrected chi connectivity index (χ2v) is 8.24. The Labute approximate surface area is 179 Å². The molecule has 2 aromatic carbocycles. The zero-order valence-corrected chi connectivity index (χ0v) is 17.8. The third-order valence-corrected chi connectivity index (χ3v) is 6.16. The van der Waals surface area contributed by atoms with E-state index in [1.54, 1.807) is 17.4 Å². The van der Waals surface area contributed by atoms with Crippen molar-refractivity contribution in [3.05, 3.63) is 98.2 Å². The molecule has 1 amide bonds. The molecule has 1 N–H and O–H groups in total. The monoisotopic (exact) mass is 417 g/mol. The summed E-state index contributed by atoms with van der Waals surface area (Å²) in [4.78, 5) is 31.1. The van der Waals surface area contributed by atoms with Crippen LogP contribution < -0.4 is 10.9 Å². The van der Waals surface area contributed by atoms with Crippen LogP contribution in [0, 0.1) is 6.92 Å². The quantitative estimate of drug-likeness (QED) is 0.510. The number of hydrogen-bond donors (Lipinski definition) is 1. The van der Waals surface area contributed by atoms with Gasteiger partial charge in [0.25, 0.3) is 5.56 Å². The predicted octanol–water partition coefficient (Wildman–Crippen LogP) is 4.23. The van der Waals surface area contributed by atoms with Crippen LogP contribution in [-0.4, -0.2) is 15.5 Å². The molecule has 0 aliphatic rings. The van der Waals surface area contributed by atoms with Crippen molar-refractivity contribution in [1.82, 2.24) is 14.9 Å². The van der Waals surface area contributed by atoms with Gasteiger partial charge in [-0.15, -0.1) is 11.3 Å². The molecular formula is C24H23N3O2S. The van der Waals surface area contributed by atoms with Crippen molar-refractivity contribution in [2.24, 2.45) is 0 Å². The lowest BCUT2D eigenvalue weighted by Crippen LogP contribution is -2.35. The number of nitrogens with zero attached hydrogens (tertiary/aromatic N) is 2. The Balaban J connectivity index is 1.59. The van der Waals surface area contributed by atoms with Crippen LogP contribution in [0.5, 0.6) is 0 Å². The van der Waals surface area contributed by atoms with E-state index < -0.39 is 0 Å². The van der Waals surface area contributed by atoms with E-state index in [-0.39, 0.29) is 24.1 Å². The predicted molar refractivity (Wildman–Crippen MR) is 121 cm³/mol. The number of rotatable bonds is 6. The topological polar surface area (TPSA) is 64.0 Å². The molecule has 5 nitrogen and oxygen atoms in total. The van der Waals surface area contributed by atoms with E-state index in [1.807, 2.05) is 36.6 Å². The molecule has 0 saturated carbocycles. The molecule has 0 radical (unpaired) electrons. The fraction of sp³-hybridized carbons (Fsp3) is 0.208. The van der Waals surface area contributed by atoms with Crippen LogP contribution in [0.25, 0.3) is 10.9 Å². The average molecular weight is 418 g/mol. The maximum Gasteiger partial charge on any atom is 0.261 e. The van der Waals surface area contributed by atoms with E-state index in [2.05, 4.69) is 41.5 Å². The van der Waals surface area contributed by atoms with Gasteiger partial charge < -0.3 is 5.32 Å². The van der Waals surface area contributed by atoms with Crippen molar-refractivity contribution in [2.45, 2.75) is 32.9 Å². The minimum absolute atomic E-state index is 0.0787.